The molecule has 134 valence electrons. The van der Waals surface area contributed by atoms with E-state index in [-0.39, 0.29) is 24.3 Å². The zero-order chi connectivity index (χ0) is 17.8. The summed E-state index contributed by atoms with van der Waals surface area (Å²) < 4.78 is 5.08. The summed E-state index contributed by atoms with van der Waals surface area (Å²) in [7, 11) is 1.80. The van der Waals surface area contributed by atoms with Gasteiger partial charge >= 0.3 is 5.97 Å². The number of nitrogens with zero attached hydrogens (tertiary/aromatic N) is 5. The number of imidazole rings is 1. The zero-order valence-corrected chi connectivity index (χ0v) is 14.4. The van der Waals surface area contributed by atoms with E-state index in [1.54, 1.807) is 30.1 Å². The number of amides is 1. The highest BCUT2D eigenvalue weighted by Crippen LogP contribution is 2.20. The monoisotopic (exact) mass is 346 g/mol. The lowest BCUT2D eigenvalue weighted by Gasteiger charge is -2.32. The Labute approximate surface area is 145 Å². The van der Waals surface area contributed by atoms with Gasteiger partial charge in [-0.15, -0.1) is 0 Å². The Morgan fingerprint density at radius 3 is 3.04 bits per heavy atom. The van der Waals surface area contributed by atoms with Crippen LogP contribution in [0.5, 0.6) is 0 Å². The topological polar surface area (TPSA) is 104 Å². The van der Waals surface area contributed by atoms with Crippen LogP contribution in [0.4, 0.5) is 5.82 Å². The van der Waals surface area contributed by atoms with E-state index < -0.39 is 0 Å². The first-order valence-corrected chi connectivity index (χ1v) is 8.39. The fourth-order valence-electron chi connectivity index (χ4n) is 3.08. The normalized spacial score (nSPS) is 17.5. The maximum absolute atomic E-state index is 12.6. The maximum Gasteiger partial charge on any atom is 0.310 e. The second kappa shape index (κ2) is 7.45. The van der Waals surface area contributed by atoms with Crippen LogP contribution in [-0.4, -0.2) is 70.0 Å². The molecule has 0 saturated carbocycles. The number of rotatable bonds is 5. The molecule has 0 spiro atoms. The number of likely N-dealkylation sites (tertiary alicyclic amines) is 1. The highest BCUT2D eigenvalue weighted by molar-refractivity contribution is 5.87. The molecule has 25 heavy (non-hydrogen) atoms. The number of aromatic nitrogens is 4. The van der Waals surface area contributed by atoms with Crippen molar-refractivity contribution in [3.8, 4) is 0 Å². The number of carbonyl (C=O) groups is 2. The van der Waals surface area contributed by atoms with Crippen molar-refractivity contribution in [3.63, 3.8) is 0 Å². The van der Waals surface area contributed by atoms with E-state index in [0.717, 1.165) is 12.8 Å². The van der Waals surface area contributed by atoms with Crippen molar-refractivity contribution in [1.82, 2.24) is 24.8 Å². The van der Waals surface area contributed by atoms with Crippen molar-refractivity contribution in [1.29, 1.82) is 0 Å². The summed E-state index contributed by atoms with van der Waals surface area (Å²) in [6, 6.07) is 0. The van der Waals surface area contributed by atoms with Crippen molar-refractivity contribution in [2.75, 3.05) is 38.2 Å². The number of carbonyl (C=O) groups excluding carboxylic acids is 2. The van der Waals surface area contributed by atoms with E-state index >= 15 is 0 Å². The van der Waals surface area contributed by atoms with Crippen molar-refractivity contribution in [3.05, 3.63) is 12.7 Å². The molecule has 9 heteroatoms. The second-order valence-corrected chi connectivity index (χ2v) is 6.09. The third-order valence-electron chi connectivity index (χ3n) is 4.33. The van der Waals surface area contributed by atoms with Crippen LogP contribution in [0.25, 0.3) is 11.2 Å². The summed E-state index contributed by atoms with van der Waals surface area (Å²) in [5.74, 6) is 0.127. The molecule has 1 fully saturated rings. The third-order valence-corrected chi connectivity index (χ3v) is 4.33. The fourth-order valence-corrected chi connectivity index (χ4v) is 3.08. The van der Waals surface area contributed by atoms with Gasteiger partial charge in [-0.3, -0.25) is 9.59 Å². The summed E-state index contributed by atoms with van der Waals surface area (Å²) in [5, 5.41) is 0. The van der Waals surface area contributed by atoms with Gasteiger partial charge in [-0.05, 0) is 19.8 Å². The largest absolute Gasteiger partial charge is 0.466 e. The summed E-state index contributed by atoms with van der Waals surface area (Å²) >= 11 is 0. The van der Waals surface area contributed by atoms with Gasteiger partial charge in [-0.2, -0.15) is 0 Å². The Kier molecular flexibility index (Phi) is 5.11. The van der Waals surface area contributed by atoms with Gasteiger partial charge in [0.25, 0.3) is 0 Å². The molecule has 9 nitrogen and oxygen atoms in total. The molecule has 0 bridgehead atoms. The molecule has 2 aromatic rings. The van der Waals surface area contributed by atoms with E-state index in [0.29, 0.717) is 36.7 Å². The van der Waals surface area contributed by atoms with E-state index in [9.17, 15) is 9.59 Å². The molecule has 2 aromatic heterocycles. The highest BCUT2D eigenvalue weighted by atomic mass is 16.5. The molecule has 0 aliphatic carbocycles. The smallest absolute Gasteiger partial charge is 0.310 e. The van der Waals surface area contributed by atoms with Crippen LogP contribution in [0, 0.1) is 5.92 Å². The first-order chi connectivity index (χ1) is 12.1. The van der Waals surface area contributed by atoms with Crippen LogP contribution in [0.2, 0.25) is 0 Å². The Morgan fingerprint density at radius 2 is 2.24 bits per heavy atom. The highest BCUT2D eigenvalue weighted by Gasteiger charge is 2.29. The van der Waals surface area contributed by atoms with E-state index in [1.165, 1.54) is 6.33 Å². The van der Waals surface area contributed by atoms with Gasteiger partial charge < -0.3 is 19.5 Å². The Hall–Kier alpha value is -2.71. The fraction of sp³-hybridized carbons (Fsp3) is 0.562. The molecule has 0 aromatic carbocycles. The lowest BCUT2D eigenvalue weighted by atomic mass is 9.98. The summed E-state index contributed by atoms with van der Waals surface area (Å²) in [4.78, 5) is 43.5. The number of hydrogen-bond donors (Lipinski definition) is 1. The van der Waals surface area contributed by atoms with Crippen LogP contribution < -0.4 is 4.90 Å². The number of ether oxygens (including phenoxy) is 1. The first-order valence-electron chi connectivity index (χ1n) is 8.39. The Balaban J connectivity index is 1.65. The molecular weight excluding hydrogens is 324 g/mol. The molecule has 1 aliphatic rings. The maximum atomic E-state index is 12.6. The van der Waals surface area contributed by atoms with Crippen molar-refractivity contribution in [2.24, 2.45) is 5.92 Å². The number of piperidine rings is 1. The van der Waals surface area contributed by atoms with Crippen molar-refractivity contribution in [2.45, 2.75) is 19.8 Å². The molecule has 3 heterocycles. The van der Waals surface area contributed by atoms with E-state index in [2.05, 4.69) is 19.9 Å². The van der Waals surface area contributed by atoms with E-state index in [1.807, 2.05) is 0 Å². The molecule has 1 saturated heterocycles. The second-order valence-electron chi connectivity index (χ2n) is 6.09. The predicted octanol–water partition coefficient (Wildman–Crippen LogP) is 0.591. The number of esters is 1. The number of anilines is 1. The standard InChI is InChI=1S/C16H22N6O3/c1-3-25-16(24)11-5-4-6-22(7-11)12(23)8-21(2)15-13-14(18-9-17-13)19-10-20-15/h9-11H,3-8H2,1-2H3,(H,17,18,19,20)/t11-/m0/s1. The quantitative estimate of drug-likeness (QED) is 0.790. The van der Waals surface area contributed by atoms with Crippen LogP contribution in [0.1, 0.15) is 19.8 Å². The molecule has 0 radical (unpaired) electrons. The average molecular weight is 346 g/mol. The number of likely N-dealkylation sites (N-methyl/N-ethyl adjacent to an activating group) is 1. The number of aromatic amines is 1. The third kappa shape index (κ3) is 3.70. The average Bonchev–Trinajstić information content (AvgIpc) is 3.10. The predicted molar refractivity (Wildman–Crippen MR) is 90.9 cm³/mol. The van der Waals surface area contributed by atoms with Gasteiger partial charge in [0.2, 0.25) is 5.91 Å². The van der Waals surface area contributed by atoms with Gasteiger partial charge in [-0.25, -0.2) is 15.0 Å². The van der Waals surface area contributed by atoms with Gasteiger partial charge in [0.05, 0.1) is 25.4 Å². The zero-order valence-electron chi connectivity index (χ0n) is 14.4. The summed E-state index contributed by atoms with van der Waals surface area (Å²) in [6.07, 6.45) is 4.54. The first kappa shape index (κ1) is 17.1. The molecular formula is C16H22N6O3. The summed E-state index contributed by atoms with van der Waals surface area (Å²) in [5.41, 5.74) is 1.26. The minimum Gasteiger partial charge on any atom is -0.466 e. The molecule has 0 unspecified atom stereocenters. The number of nitrogens with one attached hydrogen (secondary N) is 1. The minimum atomic E-state index is -0.235. The number of fused-ring (bicyclic) bond motifs is 1. The van der Waals surface area contributed by atoms with Crippen molar-refractivity contribution < 1.29 is 14.3 Å². The SMILES string of the molecule is CCOC(=O)[C@H]1CCCN(C(=O)CN(C)c2ncnc3nc[nH]c23)C1. The number of hydrogen-bond acceptors (Lipinski definition) is 7. The molecule has 1 atom stereocenters. The molecule has 3 rings (SSSR count). The van der Waals surface area contributed by atoms with Crippen LogP contribution >= 0.6 is 0 Å². The van der Waals surface area contributed by atoms with Crippen LogP contribution in [0.3, 0.4) is 0 Å². The van der Waals surface area contributed by atoms with Gasteiger partial charge in [0.1, 0.15) is 11.8 Å². The summed E-state index contributed by atoms with van der Waals surface area (Å²) in [6.45, 7) is 3.39. The molecule has 1 N–H and O–H groups in total. The van der Waals surface area contributed by atoms with Crippen LogP contribution in [0.15, 0.2) is 12.7 Å². The lowest BCUT2D eigenvalue weighted by molar-refractivity contribution is -0.151. The molecule has 1 aliphatic heterocycles. The van der Waals surface area contributed by atoms with Gasteiger partial charge in [-0.1, -0.05) is 0 Å². The van der Waals surface area contributed by atoms with Gasteiger partial charge in [0.15, 0.2) is 11.5 Å². The van der Waals surface area contributed by atoms with Crippen LogP contribution in [-0.2, 0) is 14.3 Å². The van der Waals surface area contributed by atoms with Gasteiger partial charge in [0, 0.05) is 20.1 Å². The van der Waals surface area contributed by atoms with Crippen molar-refractivity contribution >= 4 is 28.9 Å². The Bertz CT molecular complexity index is 761. The minimum absolute atomic E-state index is 0.0391. The lowest BCUT2D eigenvalue weighted by Crippen LogP contribution is -2.46. The molecule has 1 amide bonds. The number of H-pyrrole nitrogens is 1. The van der Waals surface area contributed by atoms with E-state index in [4.69, 9.17) is 4.74 Å². The Morgan fingerprint density at radius 1 is 1.40 bits per heavy atom.